The highest BCUT2D eigenvalue weighted by molar-refractivity contribution is 8.04. The predicted octanol–water partition coefficient (Wildman–Crippen LogP) is 4.99. The van der Waals surface area contributed by atoms with Crippen molar-refractivity contribution in [2.45, 2.75) is 38.6 Å². The molecule has 1 aromatic heterocycles. The normalized spacial score (nSPS) is 11.5. The van der Waals surface area contributed by atoms with Gasteiger partial charge in [-0.15, -0.1) is 10.2 Å². The molecule has 0 spiro atoms. The molecule has 2 aromatic carbocycles. The van der Waals surface area contributed by atoms with Gasteiger partial charge in [0.2, 0.25) is 0 Å². The van der Waals surface area contributed by atoms with Crippen molar-refractivity contribution in [1.29, 1.82) is 0 Å². The highest BCUT2D eigenvalue weighted by Crippen LogP contribution is 2.33. The van der Waals surface area contributed by atoms with Crippen molar-refractivity contribution in [2.75, 3.05) is 14.2 Å². The number of nitrogens with zero attached hydrogens (tertiary/aromatic N) is 3. The predicted molar refractivity (Wildman–Crippen MR) is 128 cm³/mol. The van der Waals surface area contributed by atoms with Gasteiger partial charge in [0.05, 0.1) is 20.3 Å². The Morgan fingerprint density at radius 2 is 1.70 bits per heavy atom. The maximum absolute atomic E-state index is 12.0. The van der Waals surface area contributed by atoms with Crippen molar-refractivity contribution in [1.82, 2.24) is 14.8 Å². The molecule has 3 rings (SSSR count). The Morgan fingerprint density at radius 3 is 2.21 bits per heavy atom. The molecule has 0 atom stereocenters. The fraction of sp³-hybridized carbons (Fsp3) is 0.292. The van der Waals surface area contributed by atoms with Crippen LogP contribution in [-0.4, -0.2) is 46.2 Å². The third-order valence-corrected chi connectivity index (χ3v) is 5.60. The number of thioether (sulfide) groups is 1. The van der Waals surface area contributed by atoms with Gasteiger partial charge in [-0.2, -0.15) is 0 Å². The second-order valence-electron chi connectivity index (χ2n) is 7.30. The van der Waals surface area contributed by atoms with Crippen LogP contribution in [0, 0.1) is 0 Å². The zero-order valence-corrected chi connectivity index (χ0v) is 20.0. The lowest BCUT2D eigenvalue weighted by molar-refractivity contribution is -0.131. The number of carboxylic acid groups (broad SMARTS) is 1. The molecule has 0 saturated heterocycles. The molecule has 8 nitrogen and oxygen atoms in total. The minimum Gasteiger partial charge on any atom is -0.497 e. The van der Waals surface area contributed by atoms with E-state index >= 15 is 0 Å². The first kappa shape index (κ1) is 24.2. The van der Waals surface area contributed by atoms with Crippen LogP contribution in [0.5, 0.6) is 17.2 Å². The van der Waals surface area contributed by atoms with Gasteiger partial charge >= 0.3 is 5.97 Å². The topological polar surface area (TPSA) is 95.7 Å². The summed E-state index contributed by atoms with van der Waals surface area (Å²) < 4.78 is 18.2. The van der Waals surface area contributed by atoms with Gasteiger partial charge < -0.3 is 23.9 Å². The van der Waals surface area contributed by atoms with Gasteiger partial charge in [0.25, 0.3) is 0 Å². The van der Waals surface area contributed by atoms with Crippen molar-refractivity contribution in [3.8, 4) is 28.6 Å². The van der Waals surface area contributed by atoms with E-state index in [-0.39, 0.29) is 11.0 Å². The van der Waals surface area contributed by atoms with Crippen LogP contribution in [0.4, 0.5) is 0 Å². The van der Waals surface area contributed by atoms with Crippen molar-refractivity contribution in [3.63, 3.8) is 0 Å². The number of methoxy groups -OCH3 is 2. The van der Waals surface area contributed by atoms with E-state index in [2.05, 4.69) is 10.2 Å². The second kappa shape index (κ2) is 10.9. The largest absolute Gasteiger partial charge is 0.497 e. The number of rotatable bonds is 10. The number of hydrogen-bond donors (Lipinski definition) is 1. The minimum absolute atomic E-state index is 0.0654. The average Bonchev–Trinajstić information content (AvgIpc) is 3.21. The highest BCUT2D eigenvalue weighted by Gasteiger charge is 2.19. The van der Waals surface area contributed by atoms with Crippen molar-refractivity contribution < 1.29 is 24.1 Å². The van der Waals surface area contributed by atoms with E-state index in [1.54, 1.807) is 26.4 Å². The Kier molecular flexibility index (Phi) is 8.00. The smallest absolute Gasteiger partial charge is 0.342 e. The summed E-state index contributed by atoms with van der Waals surface area (Å²) in [7, 11) is 3.16. The summed E-state index contributed by atoms with van der Waals surface area (Å²) in [4.78, 5) is 12.1. The Labute approximate surface area is 197 Å². The summed E-state index contributed by atoms with van der Waals surface area (Å²) in [6, 6.07) is 12.7. The zero-order chi connectivity index (χ0) is 24.0. The number of benzene rings is 2. The number of hydrogen-bond acceptors (Lipinski definition) is 7. The first-order valence-electron chi connectivity index (χ1n) is 10.4. The van der Waals surface area contributed by atoms with Crippen LogP contribution in [0.2, 0.25) is 0 Å². The van der Waals surface area contributed by atoms with Gasteiger partial charge in [0.15, 0.2) is 11.0 Å². The molecule has 0 bridgehead atoms. The van der Waals surface area contributed by atoms with Crippen LogP contribution >= 0.6 is 11.8 Å². The van der Waals surface area contributed by atoms with Crippen LogP contribution in [0.15, 0.2) is 52.5 Å². The number of aromatic nitrogens is 3. The van der Waals surface area contributed by atoms with E-state index in [9.17, 15) is 9.90 Å². The maximum atomic E-state index is 12.0. The van der Waals surface area contributed by atoms with E-state index in [0.29, 0.717) is 29.0 Å². The molecule has 0 saturated carbocycles. The van der Waals surface area contributed by atoms with Crippen LogP contribution in [-0.2, 0) is 11.3 Å². The lowest BCUT2D eigenvalue weighted by Gasteiger charge is -2.11. The van der Waals surface area contributed by atoms with E-state index in [0.717, 1.165) is 28.6 Å². The molecule has 0 unspecified atom stereocenters. The molecular formula is C24H27N3O5S. The SMILES string of the molecule is CCn1c(S/C(=C\c2ccc(OC(C)C)cc2)C(=O)O)nnc1-c1cc(OC)cc(OC)c1. The molecule has 0 amide bonds. The summed E-state index contributed by atoms with van der Waals surface area (Å²) in [6.07, 6.45) is 1.67. The van der Waals surface area contributed by atoms with Crippen LogP contribution in [0.1, 0.15) is 26.3 Å². The van der Waals surface area contributed by atoms with Gasteiger partial charge in [-0.25, -0.2) is 4.79 Å². The third kappa shape index (κ3) is 6.07. The molecule has 0 radical (unpaired) electrons. The summed E-state index contributed by atoms with van der Waals surface area (Å²) >= 11 is 1.05. The molecule has 0 aliphatic rings. The number of carboxylic acids is 1. The van der Waals surface area contributed by atoms with Crippen LogP contribution in [0.3, 0.4) is 0 Å². The molecule has 0 aliphatic carbocycles. The minimum atomic E-state index is -1.04. The standard InChI is InChI=1S/C24H27N3O5S/c1-6-27-22(17-12-19(30-4)14-20(13-17)31-5)25-26-24(27)33-21(23(28)29)11-16-7-9-18(10-8-16)32-15(2)3/h7-15H,6H2,1-5H3,(H,28,29)/b21-11-. The number of ether oxygens (including phenoxy) is 3. The van der Waals surface area contributed by atoms with Gasteiger partial charge in [-0.05, 0) is 68.4 Å². The van der Waals surface area contributed by atoms with E-state index in [1.165, 1.54) is 0 Å². The van der Waals surface area contributed by atoms with Crippen molar-refractivity contribution in [2.24, 2.45) is 0 Å². The summed E-state index contributed by atoms with van der Waals surface area (Å²) in [6.45, 7) is 6.41. The highest BCUT2D eigenvalue weighted by atomic mass is 32.2. The zero-order valence-electron chi connectivity index (χ0n) is 19.2. The Hall–Kier alpha value is -3.46. The fourth-order valence-electron chi connectivity index (χ4n) is 3.10. The Balaban J connectivity index is 1.92. The quantitative estimate of drug-likeness (QED) is 0.328. The molecule has 0 aliphatic heterocycles. The molecule has 33 heavy (non-hydrogen) atoms. The summed E-state index contributed by atoms with van der Waals surface area (Å²) in [5.74, 6) is 1.53. The van der Waals surface area contributed by atoms with Crippen LogP contribution < -0.4 is 14.2 Å². The van der Waals surface area contributed by atoms with Gasteiger partial charge in [-0.1, -0.05) is 12.1 Å². The molecule has 1 heterocycles. The molecule has 174 valence electrons. The van der Waals surface area contributed by atoms with Crippen molar-refractivity contribution in [3.05, 3.63) is 52.9 Å². The average molecular weight is 470 g/mol. The lowest BCUT2D eigenvalue weighted by atomic mass is 10.2. The Bertz CT molecular complexity index is 1120. The van der Waals surface area contributed by atoms with Crippen LogP contribution in [0.25, 0.3) is 17.5 Å². The van der Waals surface area contributed by atoms with E-state index < -0.39 is 5.97 Å². The third-order valence-electron chi connectivity index (χ3n) is 4.60. The maximum Gasteiger partial charge on any atom is 0.342 e. The molecule has 1 N–H and O–H groups in total. The van der Waals surface area contributed by atoms with Gasteiger partial charge in [-0.3, -0.25) is 0 Å². The molecular weight excluding hydrogens is 442 g/mol. The lowest BCUT2D eigenvalue weighted by Crippen LogP contribution is -2.05. The first-order valence-corrected chi connectivity index (χ1v) is 11.2. The molecule has 3 aromatic rings. The summed E-state index contributed by atoms with van der Waals surface area (Å²) in [5.41, 5.74) is 1.50. The summed E-state index contributed by atoms with van der Waals surface area (Å²) in [5, 5.41) is 18.8. The van der Waals surface area contributed by atoms with Gasteiger partial charge in [0, 0.05) is 18.2 Å². The molecule has 9 heteroatoms. The van der Waals surface area contributed by atoms with E-state index in [4.69, 9.17) is 14.2 Å². The monoisotopic (exact) mass is 469 g/mol. The molecule has 0 fully saturated rings. The van der Waals surface area contributed by atoms with Gasteiger partial charge in [0.1, 0.15) is 22.2 Å². The Morgan fingerprint density at radius 1 is 1.06 bits per heavy atom. The first-order chi connectivity index (χ1) is 15.8. The number of carbonyl (C=O) groups is 1. The second-order valence-corrected chi connectivity index (χ2v) is 8.31. The number of aliphatic carboxylic acids is 1. The van der Waals surface area contributed by atoms with Crippen molar-refractivity contribution >= 4 is 23.8 Å². The van der Waals surface area contributed by atoms with E-state index in [1.807, 2.05) is 61.7 Å². The fourth-order valence-corrected chi connectivity index (χ4v) is 3.99.